The maximum absolute atomic E-state index is 8.94. The van der Waals surface area contributed by atoms with Crippen molar-refractivity contribution in [2.75, 3.05) is 0 Å². The van der Waals surface area contributed by atoms with Crippen LogP contribution in [0.2, 0.25) is 0 Å². The molecule has 0 saturated carbocycles. The van der Waals surface area contributed by atoms with Crippen molar-refractivity contribution in [1.82, 2.24) is 4.57 Å². The van der Waals surface area contributed by atoms with Crippen LogP contribution in [0.25, 0.3) is 10.9 Å². The Kier molecular flexibility index (Phi) is 3.18. The fourth-order valence-corrected chi connectivity index (χ4v) is 2.53. The molecule has 0 aliphatic rings. The molecule has 21 heavy (non-hydrogen) atoms. The van der Waals surface area contributed by atoms with Crippen molar-refractivity contribution < 1.29 is 0 Å². The first-order chi connectivity index (χ1) is 10.2. The van der Waals surface area contributed by atoms with Gasteiger partial charge in [0.15, 0.2) is 0 Å². The molecule has 0 unspecified atom stereocenters. The topological polar surface area (TPSA) is 52.5 Å². The van der Waals surface area contributed by atoms with Crippen molar-refractivity contribution in [1.29, 1.82) is 10.5 Å². The number of rotatable bonds is 2. The Morgan fingerprint density at radius 1 is 0.952 bits per heavy atom. The highest BCUT2D eigenvalue weighted by Gasteiger charge is 2.05. The van der Waals surface area contributed by atoms with Crippen molar-refractivity contribution in [2.24, 2.45) is 0 Å². The number of aryl methyl sites for hydroxylation is 1. The SMILES string of the molecule is Cc1cc(C#N)ccc1Cn1ccc2cc(C#N)ccc21. The van der Waals surface area contributed by atoms with Crippen LogP contribution in [0.1, 0.15) is 22.3 Å². The molecule has 0 atom stereocenters. The van der Waals surface area contributed by atoms with Gasteiger partial charge >= 0.3 is 0 Å². The molecule has 3 rings (SSSR count). The lowest BCUT2D eigenvalue weighted by Gasteiger charge is -2.09. The Morgan fingerprint density at radius 3 is 2.38 bits per heavy atom. The minimum absolute atomic E-state index is 0.676. The lowest BCUT2D eigenvalue weighted by Crippen LogP contribution is -2.00. The van der Waals surface area contributed by atoms with Gasteiger partial charge in [0.2, 0.25) is 0 Å². The lowest BCUT2D eigenvalue weighted by molar-refractivity contribution is 0.830. The monoisotopic (exact) mass is 271 g/mol. The van der Waals surface area contributed by atoms with E-state index >= 15 is 0 Å². The first-order valence-electron chi connectivity index (χ1n) is 6.70. The third-order valence-corrected chi connectivity index (χ3v) is 3.71. The zero-order valence-electron chi connectivity index (χ0n) is 11.7. The molecule has 1 heterocycles. The summed E-state index contributed by atoms with van der Waals surface area (Å²) in [6, 6.07) is 17.8. The van der Waals surface area contributed by atoms with Crippen molar-refractivity contribution >= 4 is 10.9 Å². The average molecular weight is 271 g/mol. The molecule has 100 valence electrons. The number of nitrogens with zero attached hydrogens (tertiary/aromatic N) is 3. The van der Waals surface area contributed by atoms with E-state index < -0.39 is 0 Å². The van der Waals surface area contributed by atoms with E-state index in [1.165, 1.54) is 5.56 Å². The van der Waals surface area contributed by atoms with E-state index in [9.17, 15) is 0 Å². The van der Waals surface area contributed by atoms with Gasteiger partial charge in [0.25, 0.3) is 0 Å². The lowest BCUT2D eigenvalue weighted by atomic mass is 10.1. The van der Waals surface area contributed by atoms with E-state index in [1.54, 1.807) is 0 Å². The van der Waals surface area contributed by atoms with E-state index in [4.69, 9.17) is 10.5 Å². The summed E-state index contributed by atoms with van der Waals surface area (Å²) in [4.78, 5) is 0. The molecular formula is C18H13N3. The maximum atomic E-state index is 8.94. The molecule has 3 nitrogen and oxygen atoms in total. The van der Waals surface area contributed by atoms with Gasteiger partial charge in [-0.1, -0.05) is 6.07 Å². The molecular weight excluding hydrogens is 258 g/mol. The second-order valence-corrected chi connectivity index (χ2v) is 5.08. The molecule has 3 heteroatoms. The molecule has 0 amide bonds. The summed E-state index contributed by atoms with van der Waals surface area (Å²) in [6.45, 7) is 2.78. The molecule has 0 spiro atoms. The standard InChI is InChI=1S/C18H13N3/c1-13-8-14(10-19)2-4-17(13)12-21-7-6-16-9-15(11-20)3-5-18(16)21/h2-9H,12H2,1H3. The highest BCUT2D eigenvalue weighted by molar-refractivity contribution is 5.81. The average Bonchev–Trinajstić information content (AvgIpc) is 2.91. The van der Waals surface area contributed by atoms with Gasteiger partial charge in [0.05, 0.1) is 23.3 Å². The fourth-order valence-electron chi connectivity index (χ4n) is 2.53. The van der Waals surface area contributed by atoms with Crippen molar-refractivity contribution in [3.8, 4) is 12.1 Å². The van der Waals surface area contributed by atoms with Crippen LogP contribution >= 0.6 is 0 Å². The Balaban J connectivity index is 1.99. The first kappa shape index (κ1) is 13.0. The van der Waals surface area contributed by atoms with E-state index in [2.05, 4.69) is 16.7 Å². The highest BCUT2D eigenvalue weighted by Crippen LogP contribution is 2.20. The molecule has 0 radical (unpaired) electrons. The second-order valence-electron chi connectivity index (χ2n) is 5.08. The third kappa shape index (κ3) is 2.38. The van der Waals surface area contributed by atoms with Gasteiger partial charge in [0, 0.05) is 23.6 Å². The summed E-state index contributed by atoms with van der Waals surface area (Å²) >= 11 is 0. The van der Waals surface area contributed by atoms with E-state index in [0.29, 0.717) is 11.1 Å². The van der Waals surface area contributed by atoms with Gasteiger partial charge < -0.3 is 4.57 Å². The van der Waals surface area contributed by atoms with Crippen LogP contribution in [0, 0.1) is 29.6 Å². The summed E-state index contributed by atoms with van der Waals surface area (Å²) in [7, 11) is 0. The zero-order valence-corrected chi connectivity index (χ0v) is 11.7. The van der Waals surface area contributed by atoms with Crippen LogP contribution in [-0.2, 0) is 6.54 Å². The molecule has 2 aromatic carbocycles. The predicted molar refractivity (Wildman–Crippen MR) is 81.6 cm³/mol. The summed E-state index contributed by atoms with van der Waals surface area (Å²) in [6.07, 6.45) is 2.03. The Morgan fingerprint density at radius 2 is 1.67 bits per heavy atom. The van der Waals surface area contributed by atoms with Gasteiger partial charge in [-0.2, -0.15) is 10.5 Å². The Labute approximate surface area is 123 Å². The molecule has 0 bridgehead atoms. The van der Waals surface area contributed by atoms with E-state index in [-0.39, 0.29) is 0 Å². The normalized spacial score (nSPS) is 10.2. The number of hydrogen-bond donors (Lipinski definition) is 0. The van der Waals surface area contributed by atoms with Crippen LogP contribution in [0.5, 0.6) is 0 Å². The molecule has 0 aliphatic carbocycles. The minimum Gasteiger partial charge on any atom is -0.343 e. The van der Waals surface area contributed by atoms with Gasteiger partial charge in [-0.3, -0.25) is 0 Å². The molecule has 0 N–H and O–H groups in total. The summed E-state index contributed by atoms with van der Waals surface area (Å²) < 4.78 is 2.16. The number of fused-ring (bicyclic) bond motifs is 1. The summed E-state index contributed by atoms with van der Waals surface area (Å²) in [5.41, 5.74) is 4.78. The van der Waals surface area contributed by atoms with Crippen molar-refractivity contribution in [3.05, 3.63) is 70.9 Å². The van der Waals surface area contributed by atoms with Crippen LogP contribution in [0.15, 0.2) is 48.7 Å². The zero-order chi connectivity index (χ0) is 14.8. The van der Waals surface area contributed by atoms with Gasteiger partial charge in [0.1, 0.15) is 0 Å². The van der Waals surface area contributed by atoms with Crippen LogP contribution in [-0.4, -0.2) is 4.57 Å². The molecule has 0 aliphatic heterocycles. The fraction of sp³-hybridized carbons (Fsp3) is 0.111. The molecule has 0 fully saturated rings. The van der Waals surface area contributed by atoms with Crippen molar-refractivity contribution in [2.45, 2.75) is 13.5 Å². The number of aromatic nitrogens is 1. The highest BCUT2D eigenvalue weighted by atomic mass is 14.9. The van der Waals surface area contributed by atoms with Gasteiger partial charge in [-0.25, -0.2) is 0 Å². The van der Waals surface area contributed by atoms with Crippen LogP contribution in [0.3, 0.4) is 0 Å². The molecule has 3 aromatic rings. The number of hydrogen-bond acceptors (Lipinski definition) is 2. The van der Waals surface area contributed by atoms with Crippen molar-refractivity contribution in [3.63, 3.8) is 0 Å². The number of benzene rings is 2. The summed E-state index contributed by atoms with van der Waals surface area (Å²) in [5, 5.41) is 18.9. The third-order valence-electron chi connectivity index (χ3n) is 3.71. The number of nitriles is 2. The first-order valence-corrected chi connectivity index (χ1v) is 6.70. The van der Waals surface area contributed by atoms with Crippen LogP contribution in [0.4, 0.5) is 0 Å². The Bertz CT molecular complexity index is 904. The smallest absolute Gasteiger partial charge is 0.0991 e. The van der Waals surface area contributed by atoms with E-state index in [0.717, 1.165) is 23.0 Å². The predicted octanol–water partition coefficient (Wildman–Crippen LogP) is 3.74. The largest absolute Gasteiger partial charge is 0.343 e. The minimum atomic E-state index is 0.676. The quantitative estimate of drug-likeness (QED) is 0.713. The van der Waals surface area contributed by atoms with Gasteiger partial charge in [-0.05, 0) is 54.4 Å². The Hall–Kier alpha value is -3.04. The van der Waals surface area contributed by atoms with E-state index in [1.807, 2.05) is 55.6 Å². The second kappa shape index (κ2) is 5.15. The summed E-state index contributed by atoms with van der Waals surface area (Å²) in [5.74, 6) is 0. The molecule has 1 aromatic heterocycles. The van der Waals surface area contributed by atoms with Crippen LogP contribution < -0.4 is 0 Å². The van der Waals surface area contributed by atoms with Gasteiger partial charge in [-0.15, -0.1) is 0 Å². The maximum Gasteiger partial charge on any atom is 0.0991 e. The molecule has 0 saturated heterocycles.